The molecule has 6 nitrogen and oxygen atoms in total. The van der Waals surface area contributed by atoms with Crippen LogP contribution in [-0.2, 0) is 13.2 Å². The molecule has 30 heavy (non-hydrogen) atoms. The first kappa shape index (κ1) is 20.3. The van der Waals surface area contributed by atoms with Gasteiger partial charge in [-0.1, -0.05) is 29.4 Å². The molecule has 0 saturated carbocycles. The maximum absolute atomic E-state index is 6.01. The Bertz CT molecular complexity index is 976. The summed E-state index contributed by atoms with van der Waals surface area (Å²) in [4.78, 5) is 2.26. The molecule has 1 aromatic heterocycles. The molecule has 1 aliphatic heterocycles. The zero-order valence-corrected chi connectivity index (χ0v) is 18.1. The lowest BCUT2D eigenvalue weighted by Crippen LogP contribution is -2.26. The standard InChI is InChI=1S/C24H29N3O3/c1-16-21(17(2)30-26-16)15-29-19-10-8-18(9-11-19)14-25-22-7-5-6-20-23(27(3)4)12-13-28-24(20)22/h5-11,23,25H,12-15H2,1-4H3. The fourth-order valence-electron chi connectivity index (χ4n) is 3.85. The van der Waals surface area contributed by atoms with Crippen molar-refractivity contribution >= 4 is 5.69 Å². The molecule has 4 rings (SSSR count). The molecule has 2 aromatic carbocycles. The fourth-order valence-corrected chi connectivity index (χ4v) is 3.85. The lowest BCUT2D eigenvalue weighted by atomic mass is 9.98. The molecule has 1 N–H and O–H groups in total. The van der Waals surface area contributed by atoms with Crippen LogP contribution in [-0.4, -0.2) is 30.8 Å². The molecule has 1 atom stereocenters. The zero-order valence-electron chi connectivity index (χ0n) is 18.1. The molecule has 1 unspecified atom stereocenters. The first-order valence-corrected chi connectivity index (χ1v) is 10.3. The van der Waals surface area contributed by atoms with Crippen LogP contribution in [0.2, 0.25) is 0 Å². The molecule has 0 amide bonds. The van der Waals surface area contributed by atoms with Crippen molar-refractivity contribution in [2.24, 2.45) is 0 Å². The molecule has 2 heterocycles. The van der Waals surface area contributed by atoms with Gasteiger partial charge < -0.3 is 24.2 Å². The minimum absolute atomic E-state index is 0.393. The van der Waals surface area contributed by atoms with Crippen molar-refractivity contribution in [3.05, 3.63) is 70.6 Å². The number of benzene rings is 2. The Labute approximate surface area is 177 Å². The van der Waals surface area contributed by atoms with Crippen molar-refractivity contribution in [3.8, 4) is 11.5 Å². The Kier molecular flexibility index (Phi) is 5.95. The largest absolute Gasteiger partial charge is 0.491 e. The summed E-state index contributed by atoms with van der Waals surface area (Å²) in [5, 5.41) is 7.50. The van der Waals surface area contributed by atoms with Crippen LogP contribution in [0.25, 0.3) is 0 Å². The summed E-state index contributed by atoms with van der Waals surface area (Å²) in [6.07, 6.45) is 1.01. The Balaban J connectivity index is 1.38. The van der Waals surface area contributed by atoms with Crippen LogP contribution in [0.5, 0.6) is 11.5 Å². The summed E-state index contributed by atoms with van der Waals surface area (Å²) in [5.74, 6) is 2.60. The third kappa shape index (κ3) is 4.28. The molecule has 158 valence electrons. The number of nitrogens with zero attached hydrogens (tertiary/aromatic N) is 2. The molecular formula is C24H29N3O3. The van der Waals surface area contributed by atoms with Crippen LogP contribution in [0, 0.1) is 13.8 Å². The van der Waals surface area contributed by atoms with Gasteiger partial charge in [0, 0.05) is 24.6 Å². The molecule has 0 spiro atoms. The molecule has 0 saturated heterocycles. The van der Waals surface area contributed by atoms with E-state index in [0.717, 1.165) is 53.8 Å². The van der Waals surface area contributed by atoms with Crippen molar-refractivity contribution < 1.29 is 14.0 Å². The van der Waals surface area contributed by atoms with Crippen LogP contribution in [0.3, 0.4) is 0 Å². The van der Waals surface area contributed by atoms with Crippen LogP contribution in [0.15, 0.2) is 47.0 Å². The molecule has 3 aromatic rings. The van der Waals surface area contributed by atoms with Gasteiger partial charge >= 0.3 is 0 Å². The van der Waals surface area contributed by atoms with Crippen molar-refractivity contribution in [2.45, 2.75) is 39.5 Å². The van der Waals surface area contributed by atoms with Gasteiger partial charge in [0.25, 0.3) is 0 Å². The maximum Gasteiger partial charge on any atom is 0.147 e. The number of para-hydroxylation sites is 1. The summed E-state index contributed by atoms with van der Waals surface area (Å²) in [6.45, 7) is 5.75. The highest BCUT2D eigenvalue weighted by molar-refractivity contribution is 5.61. The summed E-state index contributed by atoms with van der Waals surface area (Å²) in [6, 6.07) is 14.9. The number of aromatic nitrogens is 1. The zero-order chi connectivity index (χ0) is 21.1. The van der Waals surface area contributed by atoms with Gasteiger partial charge in [-0.2, -0.15) is 0 Å². The van der Waals surface area contributed by atoms with Gasteiger partial charge in [0.15, 0.2) is 0 Å². The van der Waals surface area contributed by atoms with Crippen molar-refractivity contribution in [2.75, 3.05) is 26.0 Å². The number of ether oxygens (including phenoxy) is 2. The van der Waals surface area contributed by atoms with Gasteiger partial charge in [0.1, 0.15) is 23.9 Å². The Morgan fingerprint density at radius 3 is 2.63 bits per heavy atom. The van der Waals surface area contributed by atoms with E-state index in [9.17, 15) is 0 Å². The summed E-state index contributed by atoms with van der Waals surface area (Å²) >= 11 is 0. The molecular weight excluding hydrogens is 378 g/mol. The summed E-state index contributed by atoms with van der Waals surface area (Å²) < 4.78 is 17.1. The smallest absolute Gasteiger partial charge is 0.147 e. The highest BCUT2D eigenvalue weighted by Gasteiger charge is 2.25. The van der Waals surface area contributed by atoms with Crippen molar-refractivity contribution in [3.63, 3.8) is 0 Å². The third-order valence-corrected chi connectivity index (χ3v) is 5.64. The summed E-state index contributed by atoms with van der Waals surface area (Å²) in [5.41, 5.74) is 5.35. The second kappa shape index (κ2) is 8.79. The average Bonchev–Trinajstić information content (AvgIpc) is 3.08. The van der Waals surface area contributed by atoms with Crippen LogP contribution in [0.1, 0.15) is 40.6 Å². The maximum atomic E-state index is 6.01. The van der Waals surface area contributed by atoms with Crippen LogP contribution >= 0.6 is 0 Å². The molecule has 0 radical (unpaired) electrons. The van der Waals surface area contributed by atoms with E-state index in [0.29, 0.717) is 12.6 Å². The van der Waals surface area contributed by atoms with E-state index >= 15 is 0 Å². The van der Waals surface area contributed by atoms with Gasteiger partial charge in [-0.05, 0) is 51.7 Å². The SMILES string of the molecule is Cc1noc(C)c1COc1ccc(CNc2cccc3c2OCCC3N(C)C)cc1. The quantitative estimate of drug-likeness (QED) is 0.603. The molecule has 0 bridgehead atoms. The second-order valence-corrected chi connectivity index (χ2v) is 7.93. The lowest BCUT2D eigenvalue weighted by Gasteiger charge is -2.32. The molecule has 0 aliphatic carbocycles. The second-order valence-electron chi connectivity index (χ2n) is 7.93. The van der Waals surface area contributed by atoms with E-state index in [1.807, 2.05) is 26.0 Å². The monoisotopic (exact) mass is 407 g/mol. The van der Waals surface area contributed by atoms with Gasteiger partial charge in [-0.15, -0.1) is 0 Å². The highest BCUT2D eigenvalue weighted by Crippen LogP contribution is 2.40. The molecule has 0 fully saturated rings. The van der Waals surface area contributed by atoms with E-state index in [1.165, 1.54) is 11.1 Å². The number of hydrogen-bond donors (Lipinski definition) is 1. The van der Waals surface area contributed by atoms with E-state index in [-0.39, 0.29) is 0 Å². The molecule has 1 aliphatic rings. The van der Waals surface area contributed by atoms with E-state index in [1.54, 1.807) is 0 Å². The van der Waals surface area contributed by atoms with Gasteiger partial charge in [0.05, 0.1) is 23.6 Å². The summed E-state index contributed by atoms with van der Waals surface area (Å²) in [7, 11) is 4.24. The van der Waals surface area contributed by atoms with E-state index < -0.39 is 0 Å². The minimum Gasteiger partial charge on any atom is -0.491 e. The number of anilines is 1. The number of rotatable bonds is 7. The first-order chi connectivity index (χ1) is 14.5. The number of aryl methyl sites for hydroxylation is 2. The van der Waals surface area contributed by atoms with Gasteiger partial charge in [-0.3, -0.25) is 0 Å². The number of hydrogen-bond acceptors (Lipinski definition) is 6. The van der Waals surface area contributed by atoms with Crippen molar-refractivity contribution in [1.82, 2.24) is 10.1 Å². The topological polar surface area (TPSA) is 59.8 Å². The number of nitrogens with one attached hydrogen (secondary N) is 1. The normalized spacial score (nSPS) is 15.6. The van der Waals surface area contributed by atoms with Gasteiger partial charge in [0.2, 0.25) is 0 Å². The predicted molar refractivity (Wildman–Crippen MR) is 117 cm³/mol. The number of fused-ring (bicyclic) bond motifs is 1. The minimum atomic E-state index is 0.393. The highest BCUT2D eigenvalue weighted by atomic mass is 16.5. The van der Waals surface area contributed by atoms with E-state index in [4.69, 9.17) is 14.0 Å². The first-order valence-electron chi connectivity index (χ1n) is 10.3. The molecule has 6 heteroatoms. The Morgan fingerprint density at radius 2 is 1.93 bits per heavy atom. The average molecular weight is 408 g/mol. The van der Waals surface area contributed by atoms with E-state index in [2.05, 4.69) is 59.8 Å². The lowest BCUT2D eigenvalue weighted by molar-refractivity contribution is 0.190. The van der Waals surface area contributed by atoms with Crippen LogP contribution in [0.4, 0.5) is 5.69 Å². The van der Waals surface area contributed by atoms with Crippen molar-refractivity contribution in [1.29, 1.82) is 0 Å². The third-order valence-electron chi connectivity index (χ3n) is 5.64. The Morgan fingerprint density at radius 1 is 1.13 bits per heavy atom. The Hall–Kier alpha value is -2.99. The van der Waals surface area contributed by atoms with Gasteiger partial charge in [-0.25, -0.2) is 0 Å². The van der Waals surface area contributed by atoms with Crippen LogP contribution < -0.4 is 14.8 Å². The predicted octanol–water partition coefficient (Wildman–Crippen LogP) is 4.87. The fraction of sp³-hybridized carbons (Fsp3) is 0.375.